The van der Waals surface area contributed by atoms with E-state index in [9.17, 15) is 0 Å². The number of nitrogens with zero attached hydrogens (tertiary/aromatic N) is 1. The van der Waals surface area contributed by atoms with Crippen LogP contribution in [-0.2, 0) is 6.16 Å². The second-order valence-electron chi connectivity index (χ2n) is 9.03. The largest absolute Gasteiger partial charge is 0.337 e. The van der Waals surface area contributed by atoms with Crippen LogP contribution in [0.5, 0.6) is 0 Å². The van der Waals surface area contributed by atoms with Crippen LogP contribution in [-0.4, -0.2) is 18.5 Å². The Morgan fingerprint density at radius 3 is 1.62 bits per heavy atom. The SMILES string of the molecule is CC(C)(C)P(Cc1ccccc1)(=N[Si](C)(C)C)C(C)(C)C. The Balaban J connectivity index is 3.58. The van der Waals surface area contributed by atoms with Crippen LogP contribution in [0.15, 0.2) is 34.7 Å². The molecule has 0 fully saturated rings. The summed E-state index contributed by atoms with van der Waals surface area (Å²) in [4.78, 5) is 0. The predicted molar refractivity (Wildman–Crippen MR) is 102 cm³/mol. The summed E-state index contributed by atoms with van der Waals surface area (Å²) in [7, 11) is -3.01. The fraction of sp³-hybridized carbons (Fsp3) is 0.667. The average molecular weight is 324 g/mol. The van der Waals surface area contributed by atoms with Gasteiger partial charge in [-0.25, -0.2) is 0 Å². The first-order valence-electron chi connectivity index (χ1n) is 7.95. The second-order valence-corrected chi connectivity index (χ2v) is 18.7. The van der Waals surface area contributed by atoms with Crippen molar-refractivity contribution in [3.63, 3.8) is 0 Å². The molecule has 0 saturated carbocycles. The molecule has 1 rings (SSSR count). The molecule has 0 aliphatic heterocycles. The third-order valence-corrected chi connectivity index (χ3v) is 13.0. The lowest BCUT2D eigenvalue weighted by Crippen LogP contribution is -2.33. The number of hydrogen-bond donors (Lipinski definition) is 0. The van der Waals surface area contributed by atoms with E-state index >= 15 is 0 Å². The molecule has 0 bridgehead atoms. The molecule has 120 valence electrons. The van der Waals surface area contributed by atoms with Gasteiger partial charge in [0.15, 0.2) is 8.24 Å². The van der Waals surface area contributed by atoms with Gasteiger partial charge in [-0.1, -0.05) is 91.5 Å². The summed E-state index contributed by atoms with van der Waals surface area (Å²) >= 11 is 0. The van der Waals surface area contributed by atoms with E-state index in [1.54, 1.807) is 0 Å². The monoisotopic (exact) mass is 323 g/mol. The van der Waals surface area contributed by atoms with Gasteiger partial charge in [0.25, 0.3) is 0 Å². The molecule has 0 spiro atoms. The molecule has 0 aromatic heterocycles. The van der Waals surface area contributed by atoms with Crippen LogP contribution in [0.25, 0.3) is 0 Å². The molecular formula is C18H34NPSi. The standard InChI is InChI=1S/C18H34NPSi/c1-17(2,3)20(18(4,5)6,19-21(7,8)9)15-16-13-11-10-12-14-16/h10-14H,15H2,1-9H3. The Morgan fingerprint density at radius 1 is 0.857 bits per heavy atom. The Labute approximate surface area is 133 Å². The van der Waals surface area contributed by atoms with Crippen LogP contribution in [0, 0.1) is 0 Å². The molecular weight excluding hydrogens is 289 g/mol. The maximum Gasteiger partial charge on any atom is 0.170 e. The molecule has 21 heavy (non-hydrogen) atoms. The van der Waals surface area contributed by atoms with Gasteiger partial charge in [0.1, 0.15) is 0 Å². The van der Waals surface area contributed by atoms with Crippen molar-refractivity contribution in [1.29, 1.82) is 0 Å². The third-order valence-electron chi connectivity index (χ3n) is 3.94. The first-order chi connectivity index (χ1) is 9.29. The molecule has 0 saturated heterocycles. The average Bonchev–Trinajstić information content (AvgIpc) is 2.24. The summed E-state index contributed by atoms with van der Waals surface area (Å²) in [6.07, 6.45) is 1.13. The Kier molecular flexibility index (Phi) is 5.39. The zero-order valence-electron chi connectivity index (χ0n) is 15.5. The molecule has 0 aliphatic carbocycles. The van der Waals surface area contributed by atoms with Crippen molar-refractivity contribution >= 4 is 15.3 Å². The quantitative estimate of drug-likeness (QED) is 0.427. The second kappa shape index (κ2) is 6.05. The van der Waals surface area contributed by atoms with Crippen LogP contribution in [0.2, 0.25) is 19.6 Å². The maximum absolute atomic E-state index is 5.63. The van der Waals surface area contributed by atoms with Crippen molar-refractivity contribution in [2.45, 2.75) is 77.7 Å². The predicted octanol–water partition coefficient (Wildman–Crippen LogP) is 6.82. The lowest BCUT2D eigenvalue weighted by atomic mass is 10.2. The van der Waals surface area contributed by atoms with Gasteiger partial charge in [-0.15, -0.1) is 0 Å². The lowest BCUT2D eigenvalue weighted by molar-refractivity contribution is 0.690. The summed E-state index contributed by atoms with van der Waals surface area (Å²) in [5.41, 5.74) is 1.44. The zero-order chi connectivity index (χ0) is 16.5. The minimum atomic E-state index is -1.52. The van der Waals surface area contributed by atoms with Gasteiger partial charge in [-0.05, 0) is 22.9 Å². The van der Waals surface area contributed by atoms with Gasteiger partial charge in [0, 0.05) is 6.16 Å². The van der Waals surface area contributed by atoms with Crippen molar-refractivity contribution in [3.8, 4) is 0 Å². The van der Waals surface area contributed by atoms with Crippen LogP contribution >= 0.6 is 7.05 Å². The molecule has 0 heterocycles. The molecule has 3 heteroatoms. The van der Waals surface area contributed by atoms with Crippen molar-refractivity contribution in [1.82, 2.24) is 0 Å². The highest BCUT2D eigenvalue weighted by molar-refractivity contribution is 7.69. The normalized spacial score (nSPS) is 14.1. The summed E-state index contributed by atoms with van der Waals surface area (Å²) < 4.78 is 5.63. The maximum atomic E-state index is 5.63. The van der Waals surface area contributed by atoms with E-state index in [-0.39, 0.29) is 10.3 Å². The molecule has 0 radical (unpaired) electrons. The fourth-order valence-corrected chi connectivity index (χ4v) is 13.7. The van der Waals surface area contributed by atoms with Gasteiger partial charge < -0.3 is 4.41 Å². The highest BCUT2D eigenvalue weighted by Crippen LogP contribution is 2.71. The minimum Gasteiger partial charge on any atom is -0.337 e. The Hall–Kier alpha value is -0.333. The molecule has 1 nitrogen and oxygen atoms in total. The number of rotatable bonds is 3. The van der Waals surface area contributed by atoms with E-state index in [2.05, 4.69) is 91.5 Å². The van der Waals surface area contributed by atoms with Gasteiger partial charge >= 0.3 is 0 Å². The molecule has 0 N–H and O–H groups in total. The summed E-state index contributed by atoms with van der Waals surface area (Å²) in [5.74, 6) is 0. The topological polar surface area (TPSA) is 12.4 Å². The van der Waals surface area contributed by atoms with E-state index in [1.165, 1.54) is 5.56 Å². The fourth-order valence-electron chi connectivity index (χ4n) is 3.18. The van der Waals surface area contributed by atoms with Crippen molar-refractivity contribution < 1.29 is 0 Å². The van der Waals surface area contributed by atoms with Crippen LogP contribution < -0.4 is 0 Å². The first-order valence-corrected chi connectivity index (χ1v) is 13.3. The molecule has 1 aromatic carbocycles. The third kappa shape index (κ3) is 4.57. The molecule has 1 aromatic rings. The molecule has 0 aliphatic rings. The lowest BCUT2D eigenvalue weighted by Gasteiger charge is -2.48. The van der Waals surface area contributed by atoms with Crippen LogP contribution in [0.1, 0.15) is 47.1 Å². The van der Waals surface area contributed by atoms with E-state index in [0.717, 1.165) is 6.16 Å². The minimum absolute atomic E-state index is 0.237. The summed E-state index contributed by atoms with van der Waals surface area (Å²) in [6.45, 7) is 21.5. The summed E-state index contributed by atoms with van der Waals surface area (Å²) in [5, 5.41) is 0.475. The van der Waals surface area contributed by atoms with Gasteiger partial charge in [0.2, 0.25) is 0 Å². The van der Waals surface area contributed by atoms with Crippen molar-refractivity contribution in [2.75, 3.05) is 0 Å². The number of benzene rings is 1. The van der Waals surface area contributed by atoms with Crippen molar-refractivity contribution in [2.24, 2.45) is 4.41 Å². The summed E-state index contributed by atoms with van der Waals surface area (Å²) in [6, 6.07) is 11.0. The van der Waals surface area contributed by atoms with E-state index in [1.807, 2.05) is 0 Å². The van der Waals surface area contributed by atoms with E-state index < -0.39 is 15.3 Å². The first kappa shape index (κ1) is 18.7. The van der Waals surface area contributed by atoms with Gasteiger partial charge in [0.05, 0.1) is 0 Å². The van der Waals surface area contributed by atoms with Crippen molar-refractivity contribution in [3.05, 3.63) is 35.9 Å². The highest BCUT2D eigenvalue weighted by Gasteiger charge is 2.44. The van der Waals surface area contributed by atoms with Gasteiger partial charge in [-0.2, -0.15) is 0 Å². The van der Waals surface area contributed by atoms with E-state index in [4.69, 9.17) is 4.41 Å². The smallest absolute Gasteiger partial charge is 0.170 e. The zero-order valence-corrected chi connectivity index (χ0v) is 17.4. The molecule has 0 atom stereocenters. The van der Waals surface area contributed by atoms with Crippen LogP contribution in [0.4, 0.5) is 0 Å². The van der Waals surface area contributed by atoms with Gasteiger partial charge in [-0.3, -0.25) is 0 Å². The highest BCUT2D eigenvalue weighted by atomic mass is 31.2. The Morgan fingerprint density at radius 2 is 1.29 bits per heavy atom. The Bertz CT molecular complexity index is 495. The van der Waals surface area contributed by atoms with E-state index in [0.29, 0.717) is 0 Å². The number of hydrogen-bond acceptors (Lipinski definition) is 1. The molecule has 0 amide bonds. The molecule has 0 unspecified atom stereocenters. The van der Waals surface area contributed by atoms with Crippen LogP contribution in [0.3, 0.4) is 0 Å².